The highest BCUT2D eigenvalue weighted by Gasteiger charge is 2.18. The zero-order chi connectivity index (χ0) is 22.1. The highest BCUT2D eigenvalue weighted by Crippen LogP contribution is 2.32. The number of hydrogen-bond acceptors (Lipinski definition) is 5. The van der Waals surface area contributed by atoms with Crippen LogP contribution in [0.5, 0.6) is 5.75 Å². The first kappa shape index (κ1) is 23.1. The van der Waals surface area contributed by atoms with E-state index in [2.05, 4.69) is 10.6 Å². The summed E-state index contributed by atoms with van der Waals surface area (Å²) in [6, 6.07) is 14.8. The van der Waals surface area contributed by atoms with E-state index in [1.807, 2.05) is 35.2 Å². The minimum Gasteiger partial charge on any atom is -0.506 e. The summed E-state index contributed by atoms with van der Waals surface area (Å²) in [7, 11) is 0. The van der Waals surface area contributed by atoms with Gasteiger partial charge in [-0.05, 0) is 51.0 Å². The number of aromatic hydroxyl groups is 1. The quantitative estimate of drug-likeness (QED) is 0.444. The minimum absolute atomic E-state index is 0.0731. The van der Waals surface area contributed by atoms with E-state index >= 15 is 0 Å². The lowest BCUT2D eigenvalue weighted by molar-refractivity contribution is -0.118. The van der Waals surface area contributed by atoms with Crippen LogP contribution in [0.15, 0.2) is 48.5 Å². The Labute approximate surface area is 178 Å². The minimum atomic E-state index is -0.604. The number of carbonyl (C=O) groups is 2. The first-order valence-electron chi connectivity index (χ1n) is 10.0. The molecule has 0 aliphatic carbocycles. The van der Waals surface area contributed by atoms with Crippen LogP contribution in [0.4, 0.5) is 16.2 Å². The second kappa shape index (κ2) is 10.5. The van der Waals surface area contributed by atoms with E-state index in [9.17, 15) is 14.7 Å². The van der Waals surface area contributed by atoms with Crippen LogP contribution in [0, 0.1) is 0 Å². The van der Waals surface area contributed by atoms with Crippen molar-refractivity contribution < 1.29 is 19.4 Å². The molecule has 162 valence electrons. The number of phenolic OH excluding ortho intramolecular Hbond substituents is 1. The molecule has 0 atom stereocenters. The summed E-state index contributed by atoms with van der Waals surface area (Å²) < 4.78 is 5.30. The third-order valence-electron chi connectivity index (χ3n) is 4.16. The first-order valence-corrected chi connectivity index (χ1v) is 10.0. The second-order valence-corrected chi connectivity index (χ2v) is 8.07. The third-order valence-corrected chi connectivity index (χ3v) is 4.16. The van der Waals surface area contributed by atoms with Crippen LogP contribution in [-0.4, -0.2) is 35.8 Å². The number of benzene rings is 2. The Bertz CT molecular complexity index is 847. The summed E-state index contributed by atoms with van der Waals surface area (Å²) in [6.07, 6.45) is 0.148. The Balaban J connectivity index is 2.20. The molecular weight excluding hydrogens is 382 g/mol. The van der Waals surface area contributed by atoms with Crippen LogP contribution in [-0.2, 0) is 16.1 Å². The predicted molar refractivity (Wildman–Crippen MR) is 119 cm³/mol. The van der Waals surface area contributed by atoms with Crippen molar-refractivity contribution in [1.29, 1.82) is 0 Å². The van der Waals surface area contributed by atoms with Crippen LogP contribution in [0.3, 0.4) is 0 Å². The number of hydrogen-bond donors (Lipinski definition) is 3. The molecule has 0 saturated carbocycles. The SMILES string of the molecule is CC(=O)NCCCN(Cc1ccccc1)c1cc(NC(=O)OC(C)(C)C)ccc1O. The Morgan fingerprint density at radius 2 is 1.80 bits per heavy atom. The topological polar surface area (TPSA) is 90.9 Å². The zero-order valence-corrected chi connectivity index (χ0v) is 18.1. The predicted octanol–water partition coefficient (Wildman–Crippen LogP) is 4.27. The van der Waals surface area contributed by atoms with Gasteiger partial charge in [0, 0.05) is 32.2 Å². The van der Waals surface area contributed by atoms with Crippen LogP contribution in [0.1, 0.15) is 39.7 Å². The van der Waals surface area contributed by atoms with Gasteiger partial charge in [0.05, 0.1) is 5.69 Å². The molecule has 0 bridgehead atoms. The molecule has 0 radical (unpaired) electrons. The van der Waals surface area contributed by atoms with Gasteiger partial charge in [0.25, 0.3) is 0 Å². The Morgan fingerprint density at radius 3 is 2.43 bits per heavy atom. The molecule has 2 aromatic rings. The van der Waals surface area contributed by atoms with Crippen molar-refractivity contribution >= 4 is 23.4 Å². The molecule has 7 nitrogen and oxygen atoms in total. The number of ether oxygens (including phenoxy) is 1. The maximum Gasteiger partial charge on any atom is 0.412 e. The summed E-state index contributed by atoms with van der Waals surface area (Å²) in [5, 5.41) is 16.0. The molecule has 0 heterocycles. The molecule has 0 aromatic heterocycles. The molecule has 2 amide bonds. The molecule has 3 N–H and O–H groups in total. The van der Waals surface area contributed by atoms with E-state index in [1.54, 1.807) is 39.0 Å². The van der Waals surface area contributed by atoms with E-state index in [4.69, 9.17) is 4.74 Å². The molecule has 2 aromatic carbocycles. The monoisotopic (exact) mass is 413 g/mol. The lowest BCUT2D eigenvalue weighted by atomic mass is 10.1. The molecule has 2 rings (SSSR count). The summed E-state index contributed by atoms with van der Waals surface area (Å²) >= 11 is 0. The van der Waals surface area contributed by atoms with Crippen LogP contribution in [0.2, 0.25) is 0 Å². The van der Waals surface area contributed by atoms with Crippen molar-refractivity contribution in [3.8, 4) is 5.75 Å². The maximum atomic E-state index is 12.1. The van der Waals surface area contributed by atoms with Crippen molar-refractivity contribution in [2.45, 2.75) is 46.3 Å². The van der Waals surface area contributed by atoms with Gasteiger partial charge in [0.15, 0.2) is 0 Å². The number of nitrogens with zero attached hydrogens (tertiary/aromatic N) is 1. The fourth-order valence-electron chi connectivity index (χ4n) is 2.90. The van der Waals surface area contributed by atoms with Crippen molar-refractivity contribution in [1.82, 2.24) is 5.32 Å². The van der Waals surface area contributed by atoms with Crippen molar-refractivity contribution in [3.05, 3.63) is 54.1 Å². The van der Waals surface area contributed by atoms with Crippen LogP contribution in [0.25, 0.3) is 0 Å². The average molecular weight is 414 g/mol. The Hall–Kier alpha value is -3.22. The lowest BCUT2D eigenvalue weighted by Crippen LogP contribution is -2.29. The van der Waals surface area contributed by atoms with Crippen LogP contribution < -0.4 is 15.5 Å². The van der Waals surface area contributed by atoms with E-state index in [0.717, 1.165) is 5.56 Å². The summed E-state index contributed by atoms with van der Waals surface area (Å²) in [4.78, 5) is 25.3. The number of phenols is 1. The molecular formula is C23H31N3O4. The number of amides is 2. The fourth-order valence-corrected chi connectivity index (χ4v) is 2.90. The second-order valence-electron chi connectivity index (χ2n) is 8.07. The number of rotatable bonds is 8. The normalized spacial score (nSPS) is 10.9. The molecule has 7 heteroatoms. The van der Waals surface area contributed by atoms with Crippen molar-refractivity contribution in [2.75, 3.05) is 23.3 Å². The number of nitrogens with one attached hydrogen (secondary N) is 2. The summed E-state index contributed by atoms with van der Waals surface area (Å²) in [5.41, 5.74) is 1.60. The molecule has 0 fully saturated rings. The molecule has 0 saturated heterocycles. The van der Waals surface area contributed by atoms with Gasteiger partial charge >= 0.3 is 6.09 Å². The van der Waals surface area contributed by atoms with Crippen molar-refractivity contribution in [2.24, 2.45) is 0 Å². The molecule has 0 aliphatic rings. The highest BCUT2D eigenvalue weighted by molar-refractivity contribution is 5.86. The molecule has 0 unspecified atom stereocenters. The summed E-state index contributed by atoms with van der Waals surface area (Å²) in [5.74, 6) is 0.0382. The zero-order valence-electron chi connectivity index (χ0n) is 18.1. The van der Waals surface area contributed by atoms with Gasteiger partial charge in [0.1, 0.15) is 11.4 Å². The Morgan fingerprint density at radius 1 is 1.10 bits per heavy atom. The highest BCUT2D eigenvalue weighted by atomic mass is 16.6. The van der Waals surface area contributed by atoms with Gasteiger partial charge in [-0.1, -0.05) is 30.3 Å². The average Bonchev–Trinajstić information content (AvgIpc) is 2.65. The molecule has 0 spiro atoms. The maximum absolute atomic E-state index is 12.1. The lowest BCUT2D eigenvalue weighted by Gasteiger charge is -2.27. The summed E-state index contributed by atoms with van der Waals surface area (Å²) in [6.45, 7) is 8.60. The first-order chi connectivity index (χ1) is 14.1. The van der Waals surface area contributed by atoms with Crippen molar-refractivity contribution in [3.63, 3.8) is 0 Å². The van der Waals surface area contributed by atoms with Gasteiger partial charge in [-0.25, -0.2) is 4.79 Å². The van der Waals surface area contributed by atoms with Gasteiger partial charge in [-0.15, -0.1) is 0 Å². The van der Waals surface area contributed by atoms with E-state index in [0.29, 0.717) is 37.4 Å². The van der Waals surface area contributed by atoms with E-state index in [1.165, 1.54) is 6.92 Å². The third kappa shape index (κ3) is 8.03. The van der Waals surface area contributed by atoms with E-state index < -0.39 is 11.7 Å². The number of carbonyl (C=O) groups excluding carboxylic acids is 2. The fraction of sp³-hybridized carbons (Fsp3) is 0.391. The van der Waals surface area contributed by atoms with E-state index in [-0.39, 0.29) is 11.7 Å². The molecule has 0 aliphatic heterocycles. The Kier molecular flexibility index (Phi) is 8.09. The van der Waals surface area contributed by atoms with Gasteiger partial charge in [-0.3, -0.25) is 10.1 Å². The largest absolute Gasteiger partial charge is 0.506 e. The smallest absolute Gasteiger partial charge is 0.412 e. The van der Waals surface area contributed by atoms with Gasteiger partial charge in [0.2, 0.25) is 5.91 Å². The van der Waals surface area contributed by atoms with Gasteiger partial charge in [-0.2, -0.15) is 0 Å². The van der Waals surface area contributed by atoms with Gasteiger partial charge < -0.3 is 20.1 Å². The number of anilines is 2. The molecule has 30 heavy (non-hydrogen) atoms. The van der Waals surface area contributed by atoms with Crippen LogP contribution >= 0.6 is 0 Å². The standard InChI is InChI=1S/C23H31N3O4/c1-17(27)24-13-8-14-26(16-18-9-6-5-7-10-18)20-15-19(11-12-21(20)28)25-22(29)30-23(2,3)4/h5-7,9-12,15,28H,8,13-14,16H2,1-4H3,(H,24,27)(H,25,29).